The van der Waals surface area contributed by atoms with Crippen LogP contribution in [0.2, 0.25) is 0 Å². The van der Waals surface area contributed by atoms with Gasteiger partial charge in [0.05, 0.1) is 13.2 Å². The molecule has 1 aliphatic carbocycles. The van der Waals surface area contributed by atoms with Crippen LogP contribution in [0.4, 0.5) is 0 Å². The van der Waals surface area contributed by atoms with Crippen molar-refractivity contribution in [1.82, 2.24) is 4.57 Å². The highest BCUT2D eigenvalue weighted by Gasteiger charge is 2.22. The summed E-state index contributed by atoms with van der Waals surface area (Å²) >= 11 is 0. The quantitative estimate of drug-likeness (QED) is 0.362. The van der Waals surface area contributed by atoms with E-state index in [1.54, 1.807) is 0 Å². The number of rotatable bonds is 7. The van der Waals surface area contributed by atoms with Gasteiger partial charge in [-0.05, 0) is 44.2 Å². The van der Waals surface area contributed by atoms with Crippen LogP contribution in [-0.4, -0.2) is 29.0 Å². The van der Waals surface area contributed by atoms with Crippen molar-refractivity contribution in [2.75, 3.05) is 13.2 Å². The van der Waals surface area contributed by atoms with Crippen LogP contribution in [0.5, 0.6) is 0 Å². The average molecular weight is 456 g/mol. The number of ether oxygens (including phenoxy) is 1. The molecule has 3 rings (SSSR count). The Morgan fingerprint density at radius 3 is 2.84 bits per heavy atom. The van der Waals surface area contributed by atoms with Gasteiger partial charge in [-0.2, -0.15) is 0 Å². The fourth-order valence-corrected chi connectivity index (χ4v) is 3.69. The minimum atomic E-state index is -0.482. The zero-order valence-corrected chi connectivity index (χ0v) is 17.4. The van der Waals surface area contributed by atoms with Gasteiger partial charge >= 0.3 is 0 Å². The molecule has 0 amide bonds. The molecule has 0 fully saturated rings. The number of aliphatic hydroxyl groups excluding tert-OH is 1. The fourth-order valence-electron chi connectivity index (χ4n) is 3.69. The number of aliphatic hydroxyl groups is 1. The molecular weight excluding hydrogens is 427 g/mol. The topological polar surface area (TPSA) is 38.3 Å². The number of imidazole rings is 1. The van der Waals surface area contributed by atoms with Gasteiger partial charge in [-0.15, -0.1) is 0 Å². The first-order valence-electron chi connectivity index (χ1n) is 9.09. The lowest BCUT2D eigenvalue weighted by molar-refractivity contribution is -0.685. The Balaban J connectivity index is 0.00000225. The zero-order valence-electron chi connectivity index (χ0n) is 15.2. The van der Waals surface area contributed by atoms with E-state index in [0.29, 0.717) is 19.1 Å². The number of hydrogen-bond acceptors (Lipinski definition) is 2. The van der Waals surface area contributed by atoms with E-state index in [0.717, 1.165) is 26.0 Å². The molecule has 0 saturated carbocycles. The number of nitrogens with zero attached hydrogens (tertiary/aromatic N) is 2. The predicted octanol–water partition coefficient (Wildman–Crippen LogP) is -0.00508. The summed E-state index contributed by atoms with van der Waals surface area (Å²) in [5.74, 6) is 1.79. The van der Waals surface area contributed by atoms with Gasteiger partial charge in [0.25, 0.3) is 5.82 Å². The van der Waals surface area contributed by atoms with Gasteiger partial charge in [-0.3, -0.25) is 0 Å². The summed E-state index contributed by atoms with van der Waals surface area (Å²) in [4.78, 5) is 0. The third-order valence-corrected chi connectivity index (χ3v) is 5.00. The largest absolute Gasteiger partial charge is 1.00 e. The average Bonchev–Trinajstić information content (AvgIpc) is 2.87. The number of allylic oxidation sites excluding steroid dienone is 2. The molecule has 2 atom stereocenters. The van der Waals surface area contributed by atoms with E-state index in [4.69, 9.17) is 4.74 Å². The standard InChI is InChI=1S/C20H29N2O2.HI/c1-3-21-16(2)22(20-12-8-7-11-19(20)21)13-18(23)15-24-14-17-9-5-4-6-10-17;/h4-5,7-8,11-12,17-18,23H,3,6,9-10,13-15H2,1-2H3;1H/q+1;/p-1. The van der Waals surface area contributed by atoms with Gasteiger partial charge in [0, 0.05) is 13.5 Å². The minimum Gasteiger partial charge on any atom is -1.00 e. The molecule has 0 radical (unpaired) electrons. The number of benzene rings is 1. The Kier molecular flexibility index (Phi) is 7.90. The monoisotopic (exact) mass is 456 g/mol. The van der Waals surface area contributed by atoms with Crippen LogP contribution >= 0.6 is 0 Å². The summed E-state index contributed by atoms with van der Waals surface area (Å²) < 4.78 is 10.3. The Bertz CT molecular complexity index is 711. The molecule has 0 spiro atoms. The van der Waals surface area contributed by atoms with Crippen LogP contribution in [0, 0.1) is 12.8 Å². The maximum atomic E-state index is 10.4. The number of fused-ring (bicyclic) bond motifs is 1. The van der Waals surface area contributed by atoms with E-state index < -0.39 is 6.10 Å². The predicted molar refractivity (Wildman–Crippen MR) is 95.9 cm³/mol. The van der Waals surface area contributed by atoms with Crippen LogP contribution in [-0.2, 0) is 17.8 Å². The lowest BCUT2D eigenvalue weighted by Crippen LogP contribution is -3.00. The van der Waals surface area contributed by atoms with Crippen molar-refractivity contribution >= 4 is 11.0 Å². The van der Waals surface area contributed by atoms with Gasteiger partial charge in [0.1, 0.15) is 12.6 Å². The molecular formula is C20H29IN2O2. The second-order valence-electron chi connectivity index (χ2n) is 6.73. The van der Waals surface area contributed by atoms with E-state index in [2.05, 4.69) is 59.4 Å². The lowest BCUT2D eigenvalue weighted by atomic mass is 9.95. The van der Waals surface area contributed by atoms with Gasteiger partial charge in [-0.25, -0.2) is 9.13 Å². The number of aromatic nitrogens is 2. The third kappa shape index (κ3) is 4.83. The number of aryl methyl sites for hydroxylation is 1. The molecule has 25 heavy (non-hydrogen) atoms. The summed E-state index contributed by atoms with van der Waals surface area (Å²) in [6, 6.07) is 8.38. The molecule has 2 unspecified atom stereocenters. The van der Waals surface area contributed by atoms with E-state index >= 15 is 0 Å². The number of para-hydroxylation sites is 2. The lowest BCUT2D eigenvalue weighted by Gasteiger charge is -2.18. The van der Waals surface area contributed by atoms with Crippen molar-refractivity contribution in [2.45, 2.75) is 52.3 Å². The van der Waals surface area contributed by atoms with Crippen molar-refractivity contribution in [3.63, 3.8) is 0 Å². The molecule has 138 valence electrons. The fraction of sp³-hybridized carbons (Fsp3) is 0.550. The van der Waals surface area contributed by atoms with Crippen LogP contribution in [0.15, 0.2) is 36.4 Å². The highest BCUT2D eigenvalue weighted by Crippen LogP contribution is 2.18. The SMILES string of the molecule is CCn1c(C)[n+](CC(O)COCC2CC=CCC2)c2ccccc21.[I-]. The smallest absolute Gasteiger partial charge is 0.254 e. The molecule has 0 saturated heterocycles. The highest BCUT2D eigenvalue weighted by molar-refractivity contribution is 5.72. The first kappa shape index (κ1) is 20.4. The van der Waals surface area contributed by atoms with Gasteiger partial charge in [0.15, 0.2) is 11.0 Å². The molecule has 1 N–H and O–H groups in total. The Hall–Kier alpha value is -0.920. The summed E-state index contributed by atoms with van der Waals surface area (Å²) in [5, 5.41) is 10.4. The summed E-state index contributed by atoms with van der Waals surface area (Å²) in [6.45, 7) is 6.93. The van der Waals surface area contributed by atoms with Crippen LogP contribution in [0.1, 0.15) is 32.0 Å². The van der Waals surface area contributed by atoms with Crippen LogP contribution < -0.4 is 28.5 Å². The van der Waals surface area contributed by atoms with E-state index in [1.807, 2.05) is 0 Å². The molecule has 5 heteroatoms. The van der Waals surface area contributed by atoms with Crippen molar-refractivity contribution < 1.29 is 38.4 Å². The molecule has 2 aromatic rings. The number of hydrogen-bond donors (Lipinski definition) is 1. The van der Waals surface area contributed by atoms with Gasteiger partial charge in [0.2, 0.25) is 0 Å². The summed E-state index contributed by atoms with van der Waals surface area (Å²) in [5.41, 5.74) is 2.40. The van der Waals surface area contributed by atoms with Crippen molar-refractivity contribution in [2.24, 2.45) is 5.92 Å². The molecule has 4 nitrogen and oxygen atoms in total. The maximum absolute atomic E-state index is 10.4. The summed E-state index contributed by atoms with van der Waals surface area (Å²) in [6.07, 6.45) is 7.46. The van der Waals surface area contributed by atoms with Crippen molar-refractivity contribution in [1.29, 1.82) is 0 Å². The Morgan fingerprint density at radius 2 is 2.12 bits per heavy atom. The van der Waals surface area contributed by atoms with Crippen molar-refractivity contribution in [3.8, 4) is 0 Å². The van der Waals surface area contributed by atoms with Gasteiger partial charge in [-0.1, -0.05) is 24.3 Å². The molecule has 0 aliphatic heterocycles. The molecule has 1 aliphatic rings. The first-order valence-corrected chi connectivity index (χ1v) is 9.09. The summed E-state index contributed by atoms with van der Waals surface area (Å²) in [7, 11) is 0. The Labute approximate surface area is 167 Å². The minimum absolute atomic E-state index is 0. The highest BCUT2D eigenvalue weighted by atomic mass is 127. The van der Waals surface area contributed by atoms with E-state index in [9.17, 15) is 5.11 Å². The molecule has 1 aromatic heterocycles. The second-order valence-corrected chi connectivity index (χ2v) is 6.73. The van der Waals surface area contributed by atoms with E-state index in [1.165, 1.54) is 23.3 Å². The number of halogens is 1. The second kappa shape index (κ2) is 9.69. The molecule has 1 heterocycles. The maximum Gasteiger partial charge on any atom is 0.254 e. The van der Waals surface area contributed by atoms with Crippen LogP contribution in [0.3, 0.4) is 0 Å². The van der Waals surface area contributed by atoms with Crippen molar-refractivity contribution in [3.05, 3.63) is 42.2 Å². The normalized spacial score (nSPS) is 18.3. The Morgan fingerprint density at radius 1 is 1.32 bits per heavy atom. The van der Waals surface area contributed by atoms with Crippen LogP contribution in [0.25, 0.3) is 11.0 Å². The third-order valence-electron chi connectivity index (χ3n) is 5.00. The molecule has 0 bridgehead atoms. The van der Waals surface area contributed by atoms with E-state index in [-0.39, 0.29) is 24.0 Å². The molecule has 1 aromatic carbocycles. The first-order chi connectivity index (χ1) is 11.7. The zero-order chi connectivity index (χ0) is 16.9. The van der Waals surface area contributed by atoms with Gasteiger partial charge < -0.3 is 33.8 Å².